The van der Waals surface area contributed by atoms with E-state index < -0.39 is 0 Å². The van der Waals surface area contributed by atoms with Crippen LogP contribution in [0.15, 0.2) is 0 Å². The van der Waals surface area contributed by atoms with Crippen molar-refractivity contribution in [1.82, 2.24) is 0 Å². The summed E-state index contributed by atoms with van der Waals surface area (Å²) in [6.07, 6.45) is 5.64. The second-order valence-electron chi connectivity index (χ2n) is 8.65. The van der Waals surface area contributed by atoms with E-state index in [1.807, 2.05) is 13.8 Å². The third-order valence-electron chi connectivity index (χ3n) is 4.27. The first-order valence-electron chi connectivity index (χ1n) is 9.01. The van der Waals surface area contributed by atoms with Gasteiger partial charge in [0.05, 0.1) is 0 Å². The Hall–Kier alpha value is 0. The van der Waals surface area contributed by atoms with Gasteiger partial charge in [-0.2, -0.15) is 0 Å². The van der Waals surface area contributed by atoms with Crippen LogP contribution in [0.2, 0.25) is 0 Å². The Morgan fingerprint density at radius 1 is 0.900 bits per heavy atom. The molecule has 0 aromatic carbocycles. The van der Waals surface area contributed by atoms with Crippen LogP contribution in [0.5, 0.6) is 0 Å². The van der Waals surface area contributed by atoms with Gasteiger partial charge in [-0.05, 0) is 47.8 Å². The Morgan fingerprint density at radius 3 is 1.60 bits per heavy atom. The molecule has 20 heavy (non-hydrogen) atoms. The molecule has 0 aliphatic heterocycles. The third kappa shape index (κ3) is 9.83. The van der Waals surface area contributed by atoms with E-state index in [2.05, 4.69) is 62.3 Å². The minimum atomic E-state index is 0.567. The number of hydrogen-bond donors (Lipinski definition) is 0. The number of hydrogen-bond acceptors (Lipinski definition) is 0. The predicted molar refractivity (Wildman–Crippen MR) is 96.2 cm³/mol. The van der Waals surface area contributed by atoms with Crippen molar-refractivity contribution in [3.63, 3.8) is 0 Å². The summed E-state index contributed by atoms with van der Waals surface area (Å²) in [6.45, 7) is 25.0. The molecule has 1 fully saturated rings. The van der Waals surface area contributed by atoms with Gasteiger partial charge in [-0.1, -0.05) is 82.6 Å². The summed E-state index contributed by atoms with van der Waals surface area (Å²) in [7, 11) is 0. The maximum Gasteiger partial charge on any atom is -0.0321 e. The Balaban J connectivity index is 0. The van der Waals surface area contributed by atoms with Crippen LogP contribution in [0, 0.1) is 28.6 Å². The van der Waals surface area contributed by atoms with Crippen LogP contribution in [-0.2, 0) is 0 Å². The maximum atomic E-state index is 2.49. The summed E-state index contributed by atoms with van der Waals surface area (Å²) in [6, 6.07) is 0. The SMILES string of the molecule is CC.CC(C)C.CCC1(C)CC(C(C)C)CC(C)(C)C1. The molecule has 0 heterocycles. The predicted octanol–water partition coefficient (Wildman–Crippen LogP) is 7.57. The smallest absolute Gasteiger partial charge is 0.0321 e. The van der Waals surface area contributed by atoms with Crippen molar-refractivity contribution >= 4 is 0 Å². The fraction of sp³-hybridized carbons (Fsp3) is 1.00. The molecule has 0 radical (unpaired) electrons. The summed E-state index contributed by atoms with van der Waals surface area (Å²) in [5.74, 6) is 2.64. The number of rotatable bonds is 2. The molecule has 0 aromatic rings. The lowest BCUT2D eigenvalue weighted by molar-refractivity contribution is 0.0324. The van der Waals surface area contributed by atoms with E-state index in [9.17, 15) is 0 Å². The van der Waals surface area contributed by atoms with Crippen LogP contribution in [0.1, 0.15) is 102 Å². The van der Waals surface area contributed by atoms with E-state index in [0.717, 1.165) is 17.8 Å². The summed E-state index contributed by atoms with van der Waals surface area (Å²) in [4.78, 5) is 0. The molecule has 1 aliphatic carbocycles. The lowest BCUT2D eigenvalue weighted by Gasteiger charge is -2.48. The Bertz CT molecular complexity index is 221. The van der Waals surface area contributed by atoms with E-state index in [-0.39, 0.29) is 0 Å². The van der Waals surface area contributed by atoms with Crippen molar-refractivity contribution in [3.05, 3.63) is 0 Å². The molecule has 2 unspecified atom stereocenters. The van der Waals surface area contributed by atoms with Gasteiger partial charge >= 0.3 is 0 Å². The van der Waals surface area contributed by atoms with Crippen molar-refractivity contribution in [1.29, 1.82) is 0 Å². The molecular weight excluding hydrogens is 240 g/mol. The van der Waals surface area contributed by atoms with Crippen LogP contribution >= 0.6 is 0 Å². The van der Waals surface area contributed by atoms with E-state index in [1.165, 1.54) is 25.7 Å². The molecule has 0 heteroatoms. The highest BCUT2D eigenvalue weighted by atomic mass is 14.5. The molecule has 0 N–H and O–H groups in total. The minimum absolute atomic E-state index is 0.567. The van der Waals surface area contributed by atoms with Gasteiger partial charge in [0.15, 0.2) is 0 Å². The Kier molecular flexibility index (Phi) is 11.0. The van der Waals surface area contributed by atoms with Crippen LogP contribution < -0.4 is 0 Å². The summed E-state index contributed by atoms with van der Waals surface area (Å²) in [5.41, 5.74) is 1.18. The van der Waals surface area contributed by atoms with E-state index >= 15 is 0 Å². The third-order valence-corrected chi connectivity index (χ3v) is 4.27. The molecule has 2 atom stereocenters. The van der Waals surface area contributed by atoms with Crippen LogP contribution in [0.3, 0.4) is 0 Å². The van der Waals surface area contributed by atoms with Crippen LogP contribution in [-0.4, -0.2) is 0 Å². The molecule has 1 saturated carbocycles. The van der Waals surface area contributed by atoms with Gasteiger partial charge < -0.3 is 0 Å². The standard InChI is InChI=1S/C14H28.C4H10.C2H6/c1-7-14(6)9-12(11(2)3)8-13(4,5)10-14;1-4(2)3;1-2/h11-12H,7-10H2,1-6H3;4H,1-3H3;1-2H3. The zero-order chi connectivity index (χ0) is 16.6. The van der Waals surface area contributed by atoms with Gasteiger partial charge in [0.2, 0.25) is 0 Å². The first-order valence-corrected chi connectivity index (χ1v) is 9.01. The van der Waals surface area contributed by atoms with E-state index in [4.69, 9.17) is 0 Å². The van der Waals surface area contributed by atoms with Crippen molar-refractivity contribution in [2.75, 3.05) is 0 Å². The van der Waals surface area contributed by atoms with Crippen LogP contribution in [0.25, 0.3) is 0 Å². The minimum Gasteiger partial charge on any atom is -0.0683 e. The highest BCUT2D eigenvalue weighted by Crippen LogP contribution is 2.51. The second-order valence-corrected chi connectivity index (χ2v) is 8.65. The van der Waals surface area contributed by atoms with Gasteiger partial charge in [-0.25, -0.2) is 0 Å². The second kappa shape index (κ2) is 9.85. The first-order chi connectivity index (χ1) is 9.01. The van der Waals surface area contributed by atoms with Gasteiger partial charge in [0.25, 0.3) is 0 Å². The van der Waals surface area contributed by atoms with E-state index in [1.54, 1.807) is 0 Å². The molecule has 0 nitrogen and oxygen atoms in total. The van der Waals surface area contributed by atoms with Gasteiger partial charge in [0.1, 0.15) is 0 Å². The monoisotopic (exact) mass is 284 g/mol. The normalized spacial score (nSPS) is 28.4. The van der Waals surface area contributed by atoms with Gasteiger partial charge in [0, 0.05) is 0 Å². The molecule has 0 saturated heterocycles. The summed E-state index contributed by atoms with van der Waals surface area (Å²) < 4.78 is 0. The quantitative estimate of drug-likeness (QED) is 0.490. The molecule has 1 rings (SSSR count). The topological polar surface area (TPSA) is 0 Å². The fourth-order valence-corrected chi connectivity index (χ4v) is 3.46. The van der Waals surface area contributed by atoms with Gasteiger partial charge in [-0.3, -0.25) is 0 Å². The average molecular weight is 285 g/mol. The Morgan fingerprint density at radius 2 is 1.30 bits per heavy atom. The first kappa shape index (κ1) is 22.3. The fourth-order valence-electron chi connectivity index (χ4n) is 3.46. The molecule has 0 spiro atoms. The van der Waals surface area contributed by atoms with Crippen molar-refractivity contribution in [3.8, 4) is 0 Å². The highest BCUT2D eigenvalue weighted by molar-refractivity contribution is 4.91. The molecule has 0 bridgehead atoms. The molecule has 1 aliphatic rings. The largest absolute Gasteiger partial charge is 0.0683 e. The van der Waals surface area contributed by atoms with E-state index in [0.29, 0.717) is 10.8 Å². The average Bonchev–Trinajstić information content (AvgIpc) is 2.28. The molecule has 0 amide bonds. The molecular formula is C20H44. The zero-order valence-electron chi connectivity index (χ0n) is 16.6. The summed E-state index contributed by atoms with van der Waals surface area (Å²) in [5, 5.41) is 0. The Labute approximate surface area is 131 Å². The van der Waals surface area contributed by atoms with Crippen LogP contribution in [0.4, 0.5) is 0 Å². The van der Waals surface area contributed by atoms with Gasteiger partial charge in [-0.15, -0.1) is 0 Å². The highest BCUT2D eigenvalue weighted by Gasteiger charge is 2.40. The van der Waals surface area contributed by atoms with Crippen molar-refractivity contribution < 1.29 is 0 Å². The zero-order valence-corrected chi connectivity index (χ0v) is 16.6. The molecule has 124 valence electrons. The lowest BCUT2D eigenvalue weighted by atomic mass is 9.58. The lowest BCUT2D eigenvalue weighted by Crippen LogP contribution is -2.37. The maximum absolute atomic E-state index is 2.49. The summed E-state index contributed by atoms with van der Waals surface area (Å²) >= 11 is 0. The molecule has 0 aromatic heterocycles. The van der Waals surface area contributed by atoms with Crippen molar-refractivity contribution in [2.45, 2.75) is 102 Å². The van der Waals surface area contributed by atoms with Crippen molar-refractivity contribution in [2.24, 2.45) is 28.6 Å².